The lowest BCUT2D eigenvalue weighted by Crippen LogP contribution is -2.68. The Morgan fingerprint density at radius 2 is 2.00 bits per heavy atom. The molecule has 3 heteroatoms. The zero-order chi connectivity index (χ0) is 14.8. The van der Waals surface area contributed by atoms with Crippen molar-refractivity contribution in [1.82, 2.24) is 0 Å². The summed E-state index contributed by atoms with van der Waals surface area (Å²) in [5, 5.41) is 3.14. The molecule has 1 aromatic rings. The van der Waals surface area contributed by atoms with Gasteiger partial charge in [0, 0.05) is 10.5 Å². The molecular weight excluding hydrogens is 314 g/mol. The molecule has 2 bridgehead atoms. The van der Waals surface area contributed by atoms with E-state index in [0.29, 0.717) is 0 Å². The van der Waals surface area contributed by atoms with Gasteiger partial charge in [-0.25, -0.2) is 0 Å². The third-order valence-corrected chi connectivity index (χ3v) is 8.05. The molecule has 3 aliphatic rings. The maximum atomic E-state index is 12.9. The lowest BCUT2D eigenvalue weighted by Gasteiger charge is -2.64. The van der Waals surface area contributed by atoms with Gasteiger partial charge in [-0.05, 0) is 48.3 Å². The van der Waals surface area contributed by atoms with Crippen LogP contribution < -0.4 is 5.32 Å². The Labute approximate surface area is 129 Å². The van der Waals surface area contributed by atoms with Crippen LogP contribution >= 0.6 is 15.9 Å². The summed E-state index contributed by atoms with van der Waals surface area (Å²) in [7, 11) is 0. The van der Waals surface area contributed by atoms with Gasteiger partial charge in [0.15, 0.2) is 0 Å². The standard InChI is InChI=1S/C17H22BrNO/c1-11-6-5-7-12(10-11)19-14(20)17-9-8-16(4,13(17)18)15(17,2)3/h5-7,10,13H,8-9H2,1-4H3,(H,19,20)/t13-,16+,17-/m1/s1. The van der Waals surface area contributed by atoms with E-state index >= 15 is 0 Å². The van der Waals surface area contributed by atoms with Crippen molar-refractivity contribution < 1.29 is 4.79 Å². The summed E-state index contributed by atoms with van der Waals surface area (Å²) in [6.45, 7) is 8.83. The van der Waals surface area contributed by atoms with Gasteiger partial charge in [0.25, 0.3) is 0 Å². The first kappa shape index (κ1) is 14.1. The van der Waals surface area contributed by atoms with E-state index in [4.69, 9.17) is 0 Å². The Morgan fingerprint density at radius 3 is 2.50 bits per heavy atom. The highest BCUT2D eigenvalue weighted by molar-refractivity contribution is 9.09. The van der Waals surface area contributed by atoms with E-state index in [1.165, 1.54) is 5.56 Å². The van der Waals surface area contributed by atoms with Crippen molar-refractivity contribution in [1.29, 1.82) is 0 Å². The first-order valence-electron chi connectivity index (χ1n) is 7.28. The number of alkyl halides is 1. The van der Waals surface area contributed by atoms with Crippen molar-refractivity contribution in [3.63, 3.8) is 0 Å². The highest BCUT2D eigenvalue weighted by atomic mass is 79.9. The summed E-state index contributed by atoms with van der Waals surface area (Å²) in [5.41, 5.74) is 2.07. The molecule has 108 valence electrons. The topological polar surface area (TPSA) is 29.1 Å². The fourth-order valence-electron chi connectivity index (χ4n) is 4.42. The Kier molecular flexibility index (Phi) is 2.89. The molecule has 0 heterocycles. The summed E-state index contributed by atoms with van der Waals surface area (Å²) >= 11 is 3.81. The van der Waals surface area contributed by atoms with E-state index in [0.717, 1.165) is 18.5 Å². The molecule has 4 rings (SSSR count). The maximum absolute atomic E-state index is 12.9. The first-order valence-corrected chi connectivity index (χ1v) is 8.19. The predicted octanol–water partition coefficient (Wildman–Crippen LogP) is 4.52. The zero-order valence-corrected chi connectivity index (χ0v) is 14.2. The molecular formula is C17H22BrNO. The highest BCUT2D eigenvalue weighted by Gasteiger charge is 2.80. The monoisotopic (exact) mass is 335 g/mol. The van der Waals surface area contributed by atoms with Gasteiger partial charge in [0.2, 0.25) is 5.91 Å². The molecule has 20 heavy (non-hydrogen) atoms. The molecule has 0 unspecified atom stereocenters. The summed E-state index contributed by atoms with van der Waals surface area (Å²) in [6, 6.07) is 8.02. The van der Waals surface area contributed by atoms with E-state index in [2.05, 4.69) is 42.0 Å². The van der Waals surface area contributed by atoms with Gasteiger partial charge in [0.05, 0.1) is 5.41 Å². The molecule has 3 saturated carbocycles. The van der Waals surface area contributed by atoms with Crippen LogP contribution in [0.2, 0.25) is 0 Å². The Bertz CT molecular complexity index is 582. The van der Waals surface area contributed by atoms with Crippen LogP contribution in [0, 0.1) is 23.2 Å². The molecule has 0 saturated heterocycles. The maximum Gasteiger partial charge on any atom is 0.232 e. The molecule has 1 amide bonds. The number of benzene rings is 1. The molecule has 0 radical (unpaired) electrons. The van der Waals surface area contributed by atoms with Gasteiger partial charge in [-0.1, -0.05) is 48.8 Å². The fraction of sp³-hybridized carbons (Fsp3) is 0.588. The largest absolute Gasteiger partial charge is 0.326 e. The normalized spacial score (nSPS) is 37.4. The SMILES string of the molecule is Cc1cccc(NC(=O)[C@@]23CC[C@@](C)([C@H]2Br)C3(C)C)c1. The number of halogens is 1. The third-order valence-electron chi connectivity index (χ3n) is 6.25. The lowest BCUT2D eigenvalue weighted by atomic mass is 9.43. The van der Waals surface area contributed by atoms with Gasteiger partial charge < -0.3 is 5.32 Å². The van der Waals surface area contributed by atoms with Gasteiger partial charge in [-0.15, -0.1) is 0 Å². The van der Waals surface area contributed by atoms with E-state index in [1.807, 2.05) is 31.2 Å². The number of fused-ring (bicyclic) bond motifs is 1. The summed E-state index contributed by atoms with van der Waals surface area (Å²) in [4.78, 5) is 13.2. The summed E-state index contributed by atoms with van der Waals surface area (Å²) in [6.07, 6.45) is 2.10. The number of hydrogen-bond donors (Lipinski definition) is 1. The van der Waals surface area contributed by atoms with Crippen LogP contribution in [-0.2, 0) is 4.79 Å². The van der Waals surface area contributed by atoms with Crippen molar-refractivity contribution in [2.45, 2.75) is 45.4 Å². The van der Waals surface area contributed by atoms with Gasteiger partial charge in [-0.2, -0.15) is 0 Å². The second kappa shape index (κ2) is 4.09. The molecule has 3 atom stereocenters. The zero-order valence-electron chi connectivity index (χ0n) is 12.6. The van der Waals surface area contributed by atoms with E-state index in [1.54, 1.807) is 0 Å². The number of hydrogen-bond acceptors (Lipinski definition) is 1. The number of carbonyl (C=O) groups is 1. The van der Waals surface area contributed by atoms with Crippen LogP contribution in [0.15, 0.2) is 24.3 Å². The van der Waals surface area contributed by atoms with E-state index in [-0.39, 0.29) is 27.0 Å². The van der Waals surface area contributed by atoms with Crippen LogP contribution in [0.4, 0.5) is 5.69 Å². The van der Waals surface area contributed by atoms with E-state index in [9.17, 15) is 4.79 Å². The minimum atomic E-state index is -0.272. The first-order chi connectivity index (χ1) is 9.25. The highest BCUT2D eigenvalue weighted by Crippen LogP contribution is 2.79. The van der Waals surface area contributed by atoms with Crippen LogP contribution in [0.3, 0.4) is 0 Å². The molecule has 1 aromatic carbocycles. The molecule has 0 spiro atoms. The average Bonchev–Trinajstić information content (AvgIpc) is 2.77. The van der Waals surface area contributed by atoms with Gasteiger partial charge in [-0.3, -0.25) is 4.79 Å². The Balaban J connectivity index is 1.89. The second-order valence-corrected chi connectivity index (χ2v) is 8.12. The minimum absolute atomic E-state index is 0.0437. The van der Waals surface area contributed by atoms with Crippen molar-refractivity contribution in [2.24, 2.45) is 16.2 Å². The Morgan fingerprint density at radius 1 is 1.30 bits per heavy atom. The van der Waals surface area contributed by atoms with Gasteiger partial charge >= 0.3 is 0 Å². The fourth-order valence-corrected chi connectivity index (χ4v) is 6.23. The number of rotatable bonds is 2. The molecule has 0 aliphatic heterocycles. The van der Waals surface area contributed by atoms with Crippen molar-refractivity contribution in [3.8, 4) is 0 Å². The predicted molar refractivity (Wildman–Crippen MR) is 86.1 cm³/mol. The number of nitrogens with one attached hydrogen (secondary N) is 1. The lowest BCUT2D eigenvalue weighted by molar-refractivity contribution is -0.155. The summed E-state index contributed by atoms with van der Waals surface area (Å²) < 4.78 is 0. The minimum Gasteiger partial charge on any atom is -0.326 e. The number of amides is 1. The molecule has 3 fully saturated rings. The number of aryl methyl sites for hydroxylation is 1. The molecule has 0 aromatic heterocycles. The number of anilines is 1. The van der Waals surface area contributed by atoms with Crippen molar-refractivity contribution >= 4 is 27.5 Å². The Hall–Kier alpha value is -0.830. The van der Waals surface area contributed by atoms with E-state index < -0.39 is 0 Å². The van der Waals surface area contributed by atoms with Crippen LogP contribution in [-0.4, -0.2) is 10.7 Å². The quantitative estimate of drug-likeness (QED) is 0.790. The van der Waals surface area contributed by atoms with Gasteiger partial charge in [0.1, 0.15) is 0 Å². The van der Waals surface area contributed by atoms with Crippen LogP contribution in [0.1, 0.15) is 39.2 Å². The average molecular weight is 336 g/mol. The smallest absolute Gasteiger partial charge is 0.232 e. The molecule has 2 nitrogen and oxygen atoms in total. The van der Waals surface area contributed by atoms with Crippen molar-refractivity contribution in [3.05, 3.63) is 29.8 Å². The summed E-state index contributed by atoms with van der Waals surface area (Å²) in [5.74, 6) is 0.171. The molecule has 1 N–H and O–H groups in total. The second-order valence-electron chi connectivity index (χ2n) is 7.20. The van der Waals surface area contributed by atoms with Crippen molar-refractivity contribution in [2.75, 3.05) is 5.32 Å². The third kappa shape index (κ3) is 1.42. The van der Waals surface area contributed by atoms with Crippen LogP contribution in [0.25, 0.3) is 0 Å². The van der Waals surface area contributed by atoms with Crippen LogP contribution in [0.5, 0.6) is 0 Å². The molecule has 3 aliphatic carbocycles. The number of carbonyl (C=O) groups excluding carboxylic acids is 1.